The Hall–Kier alpha value is -2.02. The molecule has 0 aliphatic rings. The van der Waals surface area contributed by atoms with Gasteiger partial charge in [-0.3, -0.25) is 4.79 Å². The molecule has 0 aromatic heterocycles. The van der Waals surface area contributed by atoms with Crippen molar-refractivity contribution in [1.29, 1.82) is 5.26 Å². The lowest BCUT2D eigenvalue weighted by atomic mass is 10.2. The third-order valence-electron chi connectivity index (χ3n) is 2.36. The molecule has 0 bridgehead atoms. The largest absolute Gasteiger partial charge is 0.495 e. The van der Waals surface area contributed by atoms with E-state index in [1.807, 2.05) is 13.0 Å². The molecule has 0 unspecified atom stereocenters. The molecule has 0 fully saturated rings. The maximum absolute atomic E-state index is 11.5. The zero-order valence-electron chi connectivity index (χ0n) is 10.1. The number of amides is 1. The molecular weight excluding hydrogens is 216 g/mol. The number of methoxy groups -OCH3 is 1. The second kappa shape index (κ2) is 6.54. The third kappa shape index (κ3) is 3.80. The highest BCUT2D eigenvalue weighted by Gasteiger charge is 2.06. The summed E-state index contributed by atoms with van der Waals surface area (Å²) in [5.41, 5.74) is 1.05. The lowest BCUT2D eigenvalue weighted by Gasteiger charge is -2.07. The Morgan fingerprint density at radius 2 is 2.29 bits per heavy atom. The molecule has 0 spiro atoms. The molecule has 1 aromatic carbocycles. The molecule has 4 nitrogen and oxygen atoms in total. The number of nitriles is 1. The van der Waals surface area contributed by atoms with Crippen molar-refractivity contribution in [2.24, 2.45) is 0 Å². The number of carbonyl (C=O) groups excluding carboxylic acids is 1. The van der Waals surface area contributed by atoms with Crippen molar-refractivity contribution in [3.63, 3.8) is 0 Å². The van der Waals surface area contributed by atoms with Crippen LogP contribution < -0.4 is 10.1 Å². The molecule has 0 aliphatic heterocycles. The second-order valence-corrected chi connectivity index (χ2v) is 3.68. The Bertz CT molecular complexity index is 436. The topological polar surface area (TPSA) is 62.1 Å². The highest BCUT2D eigenvalue weighted by molar-refractivity contribution is 5.91. The van der Waals surface area contributed by atoms with Crippen molar-refractivity contribution in [2.45, 2.75) is 26.2 Å². The average Bonchev–Trinajstić information content (AvgIpc) is 2.36. The van der Waals surface area contributed by atoms with Crippen molar-refractivity contribution < 1.29 is 9.53 Å². The summed E-state index contributed by atoms with van der Waals surface area (Å²) >= 11 is 0. The quantitative estimate of drug-likeness (QED) is 0.849. The van der Waals surface area contributed by atoms with Crippen molar-refractivity contribution in [1.82, 2.24) is 0 Å². The molecular formula is C13H16N2O2. The fourth-order valence-electron chi connectivity index (χ4n) is 1.43. The van der Waals surface area contributed by atoms with E-state index in [1.54, 1.807) is 18.2 Å². The zero-order chi connectivity index (χ0) is 12.7. The smallest absolute Gasteiger partial charge is 0.224 e. The molecule has 90 valence electrons. The summed E-state index contributed by atoms with van der Waals surface area (Å²) < 4.78 is 5.03. The van der Waals surface area contributed by atoms with E-state index in [2.05, 4.69) is 5.32 Å². The van der Waals surface area contributed by atoms with Crippen molar-refractivity contribution >= 4 is 11.6 Å². The molecule has 0 aliphatic carbocycles. The fourth-order valence-corrected chi connectivity index (χ4v) is 1.43. The van der Waals surface area contributed by atoms with Gasteiger partial charge in [0.25, 0.3) is 0 Å². The van der Waals surface area contributed by atoms with Gasteiger partial charge >= 0.3 is 0 Å². The molecule has 4 heteroatoms. The number of nitrogens with zero attached hydrogens (tertiary/aromatic N) is 1. The van der Waals surface area contributed by atoms with Gasteiger partial charge in [0.15, 0.2) is 0 Å². The summed E-state index contributed by atoms with van der Waals surface area (Å²) in [6.45, 7) is 2.04. The number of benzene rings is 1. The van der Waals surface area contributed by atoms with E-state index in [4.69, 9.17) is 10.00 Å². The molecule has 1 aromatic rings. The number of hydrogen-bond acceptors (Lipinski definition) is 3. The number of rotatable bonds is 5. The first-order chi connectivity index (χ1) is 8.21. The molecule has 0 saturated carbocycles. The maximum Gasteiger partial charge on any atom is 0.224 e. The van der Waals surface area contributed by atoms with Gasteiger partial charge in [0.05, 0.1) is 12.7 Å². The van der Waals surface area contributed by atoms with Crippen LogP contribution in [0.2, 0.25) is 0 Å². The van der Waals surface area contributed by atoms with Gasteiger partial charge in [-0.15, -0.1) is 0 Å². The number of hydrogen-bond donors (Lipinski definition) is 1. The van der Waals surface area contributed by atoms with E-state index in [-0.39, 0.29) is 5.91 Å². The van der Waals surface area contributed by atoms with Gasteiger partial charge in [0.2, 0.25) is 5.91 Å². The molecule has 0 atom stereocenters. The van der Waals surface area contributed by atoms with Crippen molar-refractivity contribution in [3.05, 3.63) is 23.8 Å². The van der Waals surface area contributed by atoms with Crippen LogP contribution in [-0.4, -0.2) is 13.0 Å². The maximum atomic E-state index is 11.5. The molecule has 0 radical (unpaired) electrons. The monoisotopic (exact) mass is 232 g/mol. The Balaban J connectivity index is 2.73. The van der Waals surface area contributed by atoms with Crippen LogP contribution in [0.3, 0.4) is 0 Å². The van der Waals surface area contributed by atoms with Gasteiger partial charge in [-0.05, 0) is 24.6 Å². The summed E-state index contributed by atoms with van der Waals surface area (Å²) in [4.78, 5) is 11.5. The molecule has 1 rings (SSSR count). The third-order valence-corrected chi connectivity index (χ3v) is 2.36. The lowest BCUT2D eigenvalue weighted by molar-refractivity contribution is -0.116. The molecule has 17 heavy (non-hydrogen) atoms. The van der Waals surface area contributed by atoms with Crippen LogP contribution in [0.4, 0.5) is 5.69 Å². The van der Waals surface area contributed by atoms with Gasteiger partial charge < -0.3 is 10.1 Å². The van der Waals surface area contributed by atoms with Crippen molar-refractivity contribution in [3.8, 4) is 11.8 Å². The van der Waals surface area contributed by atoms with E-state index in [1.165, 1.54) is 7.11 Å². The van der Waals surface area contributed by atoms with Crippen LogP contribution in [-0.2, 0) is 4.79 Å². The highest BCUT2D eigenvalue weighted by atomic mass is 16.5. The second-order valence-electron chi connectivity index (χ2n) is 3.68. The van der Waals surface area contributed by atoms with Gasteiger partial charge in [0, 0.05) is 12.1 Å². The summed E-state index contributed by atoms with van der Waals surface area (Å²) in [6.07, 6.45) is 2.36. The van der Waals surface area contributed by atoms with Crippen LogP contribution >= 0.6 is 0 Å². The van der Waals surface area contributed by atoms with Crippen LogP contribution in [0.5, 0.6) is 5.75 Å². The minimum absolute atomic E-state index is 0.0269. The predicted molar refractivity (Wildman–Crippen MR) is 65.9 cm³/mol. The first-order valence-electron chi connectivity index (χ1n) is 5.59. The summed E-state index contributed by atoms with van der Waals surface area (Å²) in [7, 11) is 1.51. The normalized spacial score (nSPS) is 9.47. The van der Waals surface area contributed by atoms with Gasteiger partial charge in [-0.25, -0.2) is 0 Å². The standard InChI is InChI=1S/C13H16N2O2/c1-3-4-5-13(16)15-11-6-7-12(17-2)10(8-11)9-14/h6-8H,3-5H2,1-2H3,(H,15,16). The van der Waals surface area contributed by atoms with Gasteiger partial charge in [-0.2, -0.15) is 5.26 Å². The summed E-state index contributed by atoms with van der Waals surface area (Å²) in [6, 6.07) is 7.04. The molecule has 1 amide bonds. The fraction of sp³-hybridized carbons (Fsp3) is 0.385. The molecule has 1 N–H and O–H groups in total. The zero-order valence-corrected chi connectivity index (χ0v) is 10.1. The van der Waals surface area contributed by atoms with Crippen LogP contribution in [0.25, 0.3) is 0 Å². The van der Waals surface area contributed by atoms with E-state index in [9.17, 15) is 4.79 Å². The van der Waals surface area contributed by atoms with E-state index >= 15 is 0 Å². The highest BCUT2D eigenvalue weighted by Crippen LogP contribution is 2.21. The van der Waals surface area contributed by atoms with Crippen LogP contribution in [0, 0.1) is 11.3 Å². The molecule has 0 heterocycles. The number of carbonyl (C=O) groups is 1. The average molecular weight is 232 g/mol. The molecule has 0 saturated heterocycles. The Kier molecular flexibility index (Phi) is 5.02. The number of nitrogens with one attached hydrogen (secondary N) is 1. The number of unbranched alkanes of at least 4 members (excludes halogenated alkanes) is 1. The number of anilines is 1. The summed E-state index contributed by atoms with van der Waals surface area (Å²) in [5, 5.41) is 11.7. The van der Waals surface area contributed by atoms with Crippen molar-refractivity contribution in [2.75, 3.05) is 12.4 Å². The number of ether oxygens (including phenoxy) is 1. The van der Waals surface area contributed by atoms with Gasteiger partial charge in [0.1, 0.15) is 11.8 Å². The van der Waals surface area contributed by atoms with E-state index in [0.29, 0.717) is 23.4 Å². The first-order valence-corrected chi connectivity index (χ1v) is 5.59. The predicted octanol–water partition coefficient (Wildman–Crippen LogP) is 2.70. The van der Waals surface area contributed by atoms with Crippen LogP contribution in [0.1, 0.15) is 31.7 Å². The van der Waals surface area contributed by atoms with E-state index < -0.39 is 0 Å². The lowest BCUT2D eigenvalue weighted by Crippen LogP contribution is -2.11. The first kappa shape index (κ1) is 13.0. The van der Waals surface area contributed by atoms with Gasteiger partial charge in [-0.1, -0.05) is 13.3 Å². The Morgan fingerprint density at radius 3 is 2.88 bits per heavy atom. The SMILES string of the molecule is CCCCC(=O)Nc1ccc(OC)c(C#N)c1. The van der Waals surface area contributed by atoms with Crippen LogP contribution in [0.15, 0.2) is 18.2 Å². The minimum Gasteiger partial charge on any atom is -0.495 e. The minimum atomic E-state index is -0.0269. The Labute approximate surface area is 101 Å². The summed E-state index contributed by atoms with van der Waals surface area (Å²) in [5.74, 6) is 0.486. The van der Waals surface area contributed by atoms with E-state index in [0.717, 1.165) is 12.8 Å². The Morgan fingerprint density at radius 1 is 1.53 bits per heavy atom.